The Hall–Kier alpha value is -0.820. The molecule has 2 saturated carbocycles. The van der Waals surface area contributed by atoms with Gasteiger partial charge in [0.2, 0.25) is 0 Å². The van der Waals surface area contributed by atoms with Crippen LogP contribution in [0.4, 0.5) is 0 Å². The summed E-state index contributed by atoms with van der Waals surface area (Å²) in [5.41, 5.74) is 1.60. The molecular formula is C15H19N. The van der Waals surface area contributed by atoms with Crippen LogP contribution in [0, 0.1) is 23.7 Å². The fourth-order valence-electron chi connectivity index (χ4n) is 4.72. The summed E-state index contributed by atoms with van der Waals surface area (Å²) in [6, 6.07) is 11.2. The normalized spacial score (nSPS) is 44.9. The fraction of sp³-hybridized carbons (Fsp3) is 0.600. The molecule has 3 fully saturated rings. The second kappa shape index (κ2) is 3.33. The SMILES string of the molecule is c1ccc(C2CC3CC2C2CNCC32)cc1. The third-order valence-corrected chi connectivity index (χ3v) is 5.34. The van der Waals surface area contributed by atoms with Crippen molar-refractivity contribution in [2.75, 3.05) is 13.1 Å². The number of benzene rings is 1. The van der Waals surface area contributed by atoms with E-state index in [1.165, 1.54) is 25.9 Å². The molecule has 1 aliphatic heterocycles. The van der Waals surface area contributed by atoms with Crippen LogP contribution in [0.1, 0.15) is 24.3 Å². The van der Waals surface area contributed by atoms with E-state index in [-0.39, 0.29) is 0 Å². The van der Waals surface area contributed by atoms with Crippen LogP contribution in [0.2, 0.25) is 0 Å². The van der Waals surface area contributed by atoms with Gasteiger partial charge in [0, 0.05) is 0 Å². The minimum absolute atomic E-state index is 0.868. The Balaban J connectivity index is 1.65. The van der Waals surface area contributed by atoms with Crippen molar-refractivity contribution in [2.24, 2.45) is 23.7 Å². The molecule has 1 heterocycles. The van der Waals surface area contributed by atoms with Gasteiger partial charge < -0.3 is 5.32 Å². The van der Waals surface area contributed by atoms with Crippen LogP contribution in [0.25, 0.3) is 0 Å². The van der Waals surface area contributed by atoms with E-state index in [9.17, 15) is 0 Å². The topological polar surface area (TPSA) is 12.0 Å². The fourth-order valence-corrected chi connectivity index (χ4v) is 4.72. The van der Waals surface area contributed by atoms with Crippen molar-refractivity contribution in [2.45, 2.75) is 18.8 Å². The maximum atomic E-state index is 3.60. The molecular weight excluding hydrogens is 194 g/mol. The number of hydrogen-bond donors (Lipinski definition) is 1. The first-order chi connectivity index (χ1) is 7.93. The lowest BCUT2D eigenvalue weighted by molar-refractivity contribution is 0.251. The summed E-state index contributed by atoms with van der Waals surface area (Å²) in [5.74, 6) is 4.88. The lowest BCUT2D eigenvalue weighted by atomic mass is 9.73. The predicted molar refractivity (Wildman–Crippen MR) is 65.2 cm³/mol. The lowest BCUT2D eigenvalue weighted by Gasteiger charge is -2.31. The average molecular weight is 213 g/mol. The van der Waals surface area contributed by atoms with Gasteiger partial charge in [0.1, 0.15) is 0 Å². The summed E-state index contributed by atoms with van der Waals surface area (Å²) in [6.45, 7) is 2.59. The Morgan fingerprint density at radius 3 is 2.56 bits per heavy atom. The maximum absolute atomic E-state index is 3.60. The van der Waals surface area contributed by atoms with Gasteiger partial charge in [0.25, 0.3) is 0 Å². The molecule has 2 aliphatic carbocycles. The van der Waals surface area contributed by atoms with E-state index in [2.05, 4.69) is 35.6 Å². The van der Waals surface area contributed by atoms with Gasteiger partial charge in [0.15, 0.2) is 0 Å². The van der Waals surface area contributed by atoms with Gasteiger partial charge in [-0.25, -0.2) is 0 Å². The van der Waals surface area contributed by atoms with Crippen LogP contribution in [0.5, 0.6) is 0 Å². The summed E-state index contributed by atoms with van der Waals surface area (Å²) in [6.07, 6.45) is 2.97. The molecule has 1 heteroatoms. The van der Waals surface area contributed by atoms with Crippen molar-refractivity contribution in [3.05, 3.63) is 35.9 Å². The Kier molecular flexibility index (Phi) is 1.92. The zero-order valence-corrected chi connectivity index (χ0v) is 9.60. The van der Waals surface area contributed by atoms with Crippen molar-refractivity contribution in [3.63, 3.8) is 0 Å². The second-order valence-electron chi connectivity index (χ2n) is 5.90. The van der Waals surface area contributed by atoms with E-state index >= 15 is 0 Å². The van der Waals surface area contributed by atoms with Gasteiger partial charge in [-0.15, -0.1) is 0 Å². The summed E-state index contributed by atoms with van der Waals surface area (Å²) in [5, 5.41) is 3.60. The predicted octanol–water partition coefficient (Wildman–Crippen LogP) is 2.65. The number of nitrogens with one attached hydrogen (secondary N) is 1. The van der Waals surface area contributed by atoms with Crippen molar-refractivity contribution in [1.82, 2.24) is 5.32 Å². The van der Waals surface area contributed by atoms with Crippen LogP contribution >= 0.6 is 0 Å². The Morgan fingerprint density at radius 1 is 0.875 bits per heavy atom. The van der Waals surface area contributed by atoms with Crippen LogP contribution in [0.3, 0.4) is 0 Å². The minimum Gasteiger partial charge on any atom is -0.316 e. The summed E-state index contributed by atoms with van der Waals surface area (Å²) >= 11 is 0. The monoisotopic (exact) mass is 213 g/mol. The Labute approximate surface area is 97.2 Å². The molecule has 1 aromatic rings. The molecule has 1 saturated heterocycles. The molecule has 0 amide bonds. The largest absolute Gasteiger partial charge is 0.316 e. The third-order valence-electron chi connectivity index (χ3n) is 5.34. The van der Waals surface area contributed by atoms with Gasteiger partial charge in [-0.1, -0.05) is 30.3 Å². The molecule has 0 aromatic heterocycles. The Bertz CT molecular complexity index is 386. The summed E-state index contributed by atoms with van der Waals surface area (Å²) in [7, 11) is 0. The number of fused-ring (bicyclic) bond motifs is 5. The molecule has 4 rings (SSSR count). The van der Waals surface area contributed by atoms with Gasteiger partial charge in [-0.2, -0.15) is 0 Å². The molecule has 2 bridgehead atoms. The molecule has 16 heavy (non-hydrogen) atoms. The molecule has 1 aromatic carbocycles. The van der Waals surface area contributed by atoms with Crippen molar-refractivity contribution < 1.29 is 0 Å². The first kappa shape index (κ1) is 9.23. The minimum atomic E-state index is 0.868. The zero-order chi connectivity index (χ0) is 10.5. The smallest absolute Gasteiger partial charge is 0.00143 e. The molecule has 5 atom stereocenters. The molecule has 1 nitrogen and oxygen atoms in total. The van der Waals surface area contributed by atoms with Crippen molar-refractivity contribution in [1.29, 1.82) is 0 Å². The van der Waals surface area contributed by atoms with E-state index in [0.717, 1.165) is 29.6 Å². The van der Waals surface area contributed by atoms with Gasteiger partial charge in [-0.3, -0.25) is 0 Å². The molecule has 5 unspecified atom stereocenters. The van der Waals surface area contributed by atoms with Crippen molar-refractivity contribution in [3.8, 4) is 0 Å². The average Bonchev–Trinajstić information content (AvgIpc) is 3.02. The molecule has 0 radical (unpaired) electrons. The first-order valence-corrected chi connectivity index (χ1v) is 6.69. The van der Waals surface area contributed by atoms with Gasteiger partial charge in [0.05, 0.1) is 0 Å². The lowest BCUT2D eigenvalue weighted by Crippen LogP contribution is -2.25. The van der Waals surface area contributed by atoms with E-state index in [1.807, 2.05) is 0 Å². The van der Waals surface area contributed by atoms with E-state index in [4.69, 9.17) is 0 Å². The number of hydrogen-bond acceptors (Lipinski definition) is 1. The third kappa shape index (κ3) is 1.15. The van der Waals surface area contributed by atoms with E-state index in [0.29, 0.717) is 0 Å². The highest BCUT2D eigenvalue weighted by atomic mass is 14.9. The van der Waals surface area contributed by atoms with Crippen LogP contribution < -0.4 is 5.32 Å². The molecule has 3 aliphatic rings. The maximum Gasteiger partial charge on any atom is -0.00143 e. The van der Waals surface area contributed by atoms with Crippen LogP contribution in [-0.4, -0.2) is 13.1 Å². The highest BCUT2D eigenvalue weighted by Crippen LogP contribution is 2.59. The highest BCUT2D eigenvalue weighted by molar-refractivity contribution is 5.25. The number of rotatable bonds is 1. The van der Waals surface area contributed by atoms with Gasteiger partial charge in [-0.05, 0) is 61.1 Å². The van der Waals surface area contributed by atoms with E-state index in [1.54, 1.807) is 5.56 Å². The van der Waals surface area contributed by atoms with Crippen LogP contribution in [0.15, 0.2) is 30.3 Å². The van der Waals surface area contributed by atoms with Crippen LogP contribution in [-0.2, 0) is 0 Å². The zero-order valence-electron chi connectivity index (χ0n) is 9.60. The van der Waals surface area contributed by atoms with Crippen molar-refractivity contribution >= 4 is 0 Å². The molecule has 1 N–H and O–H groups in total. The summed E-state index contributed by atoms with van der Waals surface area (Å²) in [4.78, 5) is 0. The second-order valence-corrected chi connectivity index (χ2v) is 5.90. The Morgan fingerprint density at radius 2 is 1.69 bits per heavy atom. The highest BCUT2D eigenvalue weighted by Gasteiger charge is 2.53. The first-order valence-electron chi connectivity index (χ1n) is 6.69. The molecule has 84 valence electrons. The summed E-state index contributed by atoms with van der Waals surface area (Å²) < 4.78 is 0. The standard InChI is InChI=1S/C15H19N/c1-2-4-10(5-3-1)12-6-11-7-13(12)15-9-16-8-14(11)15/h1-5,11-16H,6-9H2. The molecule has 0 spiro atoms. The van der Waals surface area contributed by atoms with E-state index < -0.39 is 0 Å². The quantitative estimate of drug-likeness (QED) is 0.756. The van der Waals surface area contributed by atoms with Gasteiger partial charge >= 0.3 is 0 Å².